The van der Waals surface area contributed by atoms with Gasteiger partial charge in [0.15, 0.2) is 11.6 Å². The number of carbonyl (C=O) groups is 3. The van der Waals surface area contributed by atoms with Gasteiger partial charge in [-0.1, -0.05) is 36.5 Å². The molecule has 2 amide bonds. The van der Waals surface area contributed by atoms with E-state index >= 15 is 0 Å². The second-order valence-electron chi connectivity index (χ2n) is 8.42. The van der Waals surface area contributed by atoms with Crippen LogP contribution in [0.3, 0.4) is 0 Å². The van der Waals surface area contributed by atoms with Gasteiger partial charge < -0.3 is 10.4 Å². The Hall–Kier alpha value is -2.63. The fraction of sp³-hybridized carbons (Fsp3) is 0.333. The smallest absolute Gasteiger partial charge is 0.306 e. The van der Waals surface area contributed by atoms with Crippen molar-refractivity contribution in [2.24, 2.45) is 5.92 Å². The number of thioether (sulfide) groups is 1. The van der Waals surface area contributed by atoms with E-state index in [1.165, 1.54) is 22.3 Å². The minimum atomic E-state index is -0.926. The molecular formula is C24H22F2N2O4S3. The van der Waals surface area contributed by atoms with Crippen molar-refractivity contribution < 1.29 is 28.3 Å². The van der Waals surface area contributed by atoms with Crippen LogP contribution >= 0.6 is 35.3 Å². The van der Waals surface area contributed by atoms with E-state index in [0.717, 1.165) is 41.6 Å². The van der Waals surface area contributed by atoms with Crippen molar-refractivity contribution in [3.8, 4) is 11.1 Å². The number of hydrogen-bond donors (Lipinski definition) is 2. The first kappa shape index (κ1) is 25.5. The monoisotopic (exact) mass is 536 g/mol. The number of amides is 2. The second kappa shape index (κ2) is 11.0. The molecule has 1 aliphatic heterocycles. The summed E-state index contributed by atoms with van der Waals surface area (Å²) in [4.78, 5) is 39.0. The maximum absolute atomic E-state index is 13.5. The molecule has 1 aliphatic carbocycles. The van der Waals surface area contributed by atoms with Gasteiger partial charge in [0, 0.05) is 23.9 Å². The van der Waals surface area contributed by atoms with Gasteiger partial charge in [-0.15, -0.1) is 11.3 Å². The first-order chi connectivity index (χ1) is 16.7. The van der Waals surface area contributed by atoms with Gasteiger partial charge in [-0.3, -0.25) is 19.3 Å². The van der Waals surface area contributed by atoms with E-state index in [1.54, 1.807) is 17.5 Å². The summed E-state index contributed by atoms with van der Waals surface area (Å²) in [6, 6.07) is 5.30. The van der Waals surface area contributed by atoms with Crippen molar-refractivity contribution in [3.05, 3.63) is 51.1 Å². The fourth-order valence-corrected chi connectivity index (χ4v) is 6.36. The van der Waals surface area contributed by atoms with Gasteiger partial charge in [-0.25, -0.2) is 8.78 Å². The summed E-state index contributed by atoms with van der Waals surface area (Å²) >= 11 is 7.84. The lowest BCUT2D eigenvalue weighted by Crippen LogP contribution is -2.41. The molecule has 1 aromatic carbocycles. The summed E-state index contributed by atoms with van der Waals surface area (Å²) in [6.45, 7) is 0.132. The van der Waals surface area contributed by atoms with Crippen LogP contribution in [0.2, 0.25) is 0 Å². The topological polar surface area (TPSA) is 86.7 Å². The molecule has 35 heavy (non-hydrogen) atoms. The van der Waals surface area contributed by atoms with Crippen molar-refractivity contribution in [3.63, 3.8) is 0 Å². The number of aliphatic carboxylic acids is 1. The van der Waals surface area contributed by atoms with E-state index in [9.17, 15) is 28.3 Å². The van der Waals surface area contributed by atoms with E-state index in [-0.39, 0.29) is 30.8 Å². The van der Waals surface area contributed by atoms with Gasteiger partial charge >= 0.3 is 5.97 Å². The molecule has 2 fully saturated rings. The van der Waals surface area contributed by atoms with Crippen LogP contribution in [-0.2, 0) is 14.4 Å². The van der Waals surface area contributed by atoms with Crippen LogP contribution in [-0.4, -0.2) is 44.7 Å². The molecule has 2 aliphatic rings. The maximum atomic E-state index is 13.5. The van der Waals surface area contributed by atoms with Gasteiger partial charge in [-0.05, 0) is 60.0 Å². The molecule has 4 rings (SSSR count). The minimum absolute atomic E-state index is 0.0627. The second-order valence-corrected chi connectivity index (χ2v) is 11.0. The summed E-state index contributed by atoms with van der Waals surface area (Å²) < 4.78 is 27.1. The average Bonchev–Trinajstić information content (AvgIpc) is 3.39. The average molecular weight is 537 g/mol. The van der Waals surface area contributed by atoms with Crippen molar-refractivity contribution in [2.45, 2.75) is 38.1 Å². The molecule has 1 aromatic heterocycles. The largest absolute Gasteiger partial charge is 0.481 e. The highest BCUT2D eigenvalue weighted by atomic mass is 32.2. The van der Waals surface area contributed by atoms with Gasteiger partial charge in [0.25, 0.3) is 5.91 Å². The Labute approximate surface area is 214 Å². The predicted molar refractivity (Wildman–Crippen MR) is 136 cm³/mol. The molecule has 1 saturated heterocycles. The summed E-state index contributed by atoms with van der Waals surface area (Å²) in [5.41, 5.74) is 1.24. The number of carboxylic acid groups (broad SMARTS) is 1. The predicted octanol–water partition coefficient (Wildman–Crippen LogP) is 5.04. The lowest BCUT2D eigenvalue weighted by molar-refractivity contribution is -0.143. The van der Waals surface area contributed by atoms with E-state index in [0.29, 0.717) is 33.2 Å². The van der Waals surface area contributed by atoms with E-state index < -0.39 is 23.5 Å². The first-order valence-corrected chi connectivity index (χ1v) is 13.1. The number of carbonyl (C=O) groups excluding carboxylic acids is 2. The van der Waals surface area contributed by atoms with Crippen LogP contribution in [0.5, 0.6) is 0 Å². The molecule has 1 saturated carbocycles. The van der Waals surface area contributed by atoms with Gasteiger partial charge in [0.1, 0.15) is 4.32 Å². The molecule has 6 nitrogen and oxygen atoms in total. The number of thiocarbonyl (C=S) groups is 1. The molecule has 2 aromatic rings. The van der Waals surface area contributed by atoms with Crippen LogP contribution < -0.4 is 5.32 Å². The zero-order valence-electron chi connectivity index (χ0n) is 18.5. The molecule has 0 bridgehead atoms. The fourth-order valence-electron chi connectivity index (χ4n) is 4.14. The normalized spacial score (nSPS) is 21.5. The van der Waals surface area contributed by atoms with Gasteiger partial charge in [-0.2, -0.15) is 0 Å². The number of hydrogen-bond acceptors (Lipinski definition) is 6. The molecule has 0 radical (unpaired) electrons. The third kappa shape index (κ3) is 6.14. The summed E-state index contributed by atoms with van der Waals surface area (Å²) in [5, 5.41) is 13.9. The molecule has 11 heteroatoms. The number of halogens is 2. The van der Waals surface area contributed by atoms with Crippen molar-refractivity contribution >= 4 is 63.5 Å². The van der Waals surface area contributed by atoms with E-state index in [2.05, 4.69) is 5.32 Å². The van der Waals surface area contributed by atoms with Crippen molar-refractivity contribution in [1.29, 1.82) is 0 Å². The molecule has 2 atom stereocenters. The Bertz CT molecular complexity index is 1210. The summed E-state index contributed by atoms with van der Waals surface area (Å²) in [6.07, 6.45) is 4.29. The summed E-state index contributed by atoms with van der Waals surface area (Å²) in [7, 11) is 0. The number of benzene rings is 1. The highest BCUT2D eigenvalue weighted by Gasteiger charge is 2.33. The molecule has 2 N–H and O–H groups in total. The van der Waals surface area contributed by atoms with Crippen LogP contribution in [0.1, 0.15) is 37.0 Å². The lowest BCUT2D eigenvalue weighted by Gasteiger charge is -2.27. The molecular weight excluding hydrogens is 514 g/mol. The van der Waals surface area contributed by atoms with Crippen LogP contribution in [0, 0.1) is 17.6 Å². The minimum Gasteiger partial charge on any atom is -0.481 e. The number of rotatable bonds is 7. The van der Waals surface area contributed by atoms with Crippen molar-refractivity contribution in [2.75, 3.05) is 6.54 Å². The number of nitrogens with one attached hydrogen (secondary N) is 1. The maximum Gasteiger partial charge on any atom is 0.306 e. The first-order valence-electron chi connectivity index (χ1n) is 11.0. The molecule has 0 spiro atoms. The molecule has 2 heterocycles. The molecule has 184 valence electrons. The molecule has 0 unspecified atom stereocenters. The third-order valence-electron chi connectivity index (χ3n) is 5.97. The standard InChI is InChI=1S/C24H22F2N2O4S3/c25-18-5-4-13(10-19(18)26)15-9-17(34-12-15)11-20-22(30)28(24(33)35-20)7-6-21(29)27-16-3-1-2-14(8-16)23(31)32/h4-5,9-12,14,16H,1-3,6-8H2,(H,27,29)(H,31,32)/t14-,16-/m1/s1. The van der Waals surface area contributed by atoms with Crippen LogP contribution in [0.15, 0.2) is 34.6 Å². The van der Waals surface area contributed by atoms with Crippen LogP contribution in [0.4, 0.5) is 8.78 Å². The third-order valence-corrected chi connectivity index (χ3v) is 8.23. The zero-order chi connectivity index (χ0) is 25.1. The zero-order valence-corrected chi connectivity index (χ0v) is 20.9. The number of nitrogens with zero attached hydrogens (tertiary/aromatic N) is 1. The van der Waals surface area contributed by atoms with Gasteiger partial charge in [0.05, 0.1) is 10.8 Å². The highest BCUT2D eigenvalue weighted by molar-refractivity contribution is 8.26. The Balaban J connectivity index is 1.34. The Kier molecular flexibility index (Phi) is 7.98. The number of carboxylic acids is 1. The number of thiophene rings is 1. The Morgan fingerprint density at radius 1 is 1.20 bits per heavy atom. The van der Waals surface area contributed by atoms with Gasteiger partial charge in [0.2, 0.25) is 5.91 Å². The SMILES string of the molecule is O=C(CCN1C(=O)C(=Cc2cc(-c3ccc(F)c(F)c3)cs2)SC1=S)N[C@@H]1CCC[C@@H](C(=O)O)C1. The highest BCUT2D eigenvalue weighted by Crippen LogP contribution is 2.35. The summed E-state index contributed by atoms with van der Waals surface area (Å²) in [5.74, 6) is -3.65. The van der Waals surface area contributed by atoms with Crippen LogP contribution in [0.25, 0.3) is 17.2 Å². The Morgan fingerprint density at radius 3 is 2.74 bits per heavy atom. The Morgan fingerprint density at radius 2 is 2.00 bits per heavy atom. The van der Waals surface area contributed by atoms with E-state index in [1.807, 2.05) is 0 Å². The lowest BCUT2D eigenvalue weighted by atomic mass is 9.86. The van der Waals surface area contributed by atoms with Crippen molar-refractivity contribution in [1.82, 2.24) is 10.2 Å². The van der Waals surface area contributed by atoms with E-state index in [4.69, 9.17) is 12.2 Å². The quantitative estimate of drug-likeness (QED) is 0.381.